The lowest BCUT2D eigenvalue weighted by molar-refractivity contribution is -0.384. The maximum absolute atomic E-state index is 11.0. The van der Waals surface area contributed by atoms with Crippen LogP contribution in [0.2, 0.25) is 0 Å². The molecule has 0 fully saturated rings. The summed E-state index contributed by atoms with van der Waals surface area (Å²) in [5.41, 5.74) is 1.04. The quantitative estimate of drug-likeness (QED) is 0.598. The summed E-state index contributed by atoms with van der Waals surface area (Å²) < 4.78 is 1.78. The molecule has 2 aromatic heterocycles. The minimum Gasteiger partial charge on any atom is -0.370 e. The fourth-order valence-corrected chi connectivity index (χ4v) is 1.89. The summed E-state index contributed by atoms with van der Waals surface area (Å²) in [7, 11) is 0. The van der Waals surface area contributed by atoms with E-state index in [0.29, 0.717) is 25.5 Å². The van der Waals surface area contributed by atoms with E-state index in [1.165, 1.54) is 6.07 Å². The lowest BCUT2D eigenvalue weighted by atomic mass is 10.3. The average Bonchev–Trinajstić information content (AvgIpc) is 2.85. The molecule has 0 amide bonds. The van der Waals surface area contributed by atoms with Gasteiger partial charge in [-0.25, -0.2) is 4.98 Å². The predicted octanol–water partition coefficient (Wildman–Crippen LogP) is 2.04. The number of nitro groups is 1. The van der Waals surface area contributed by atoms with Gasteiger partial charge in [0.1, 0.15) is 5.82 Å². The third kappa shape index (κ3) is 3.91. The van der Waals surface area contributed by atoms with E-state index in [0.717, 1.165) is 5.56 Å². The molecule has 2 heterocycles. The van der Waals surface area contributed by atoms with Crippen molar-refractivity contribution in [1.82, 2.24) is 14.8 Å². The van der Waals surface area contributed by atoms with Gasteiger partial charge in [0, 0.05) is 25.4 Å². The molecule has 0 radical (unpaired) electrons. The zero-order valence-electron chi connectivity index (χ0n) is 12.0. The molecule has 8 nitrogen and oxygen atoms in total. The van der Waals surface area contributed by atoms with Gasteiger partial charge in [0.25, 0.3) is 0 Å². The van der Waals surface area contributed by atoms with Gasteiger partial charge in [0.05, 0.1) is 17.7 Å². The van der Waals surface area contributed by atoms with Crippen molar-refractivity contribution in [3.05, 3.63) is 40.2 Å². The molecule has 0 aromatic carbocycles. The molecule has 21 heavy (non-hydrogen) atoms. The minimum atomic E-state index is -0.441. The summed E-state index contributed by atoms with van der Waals surface area (Å²) in [5.74, 6) is 0.878. The van der Waals surface area contributed by atoms with Crippen LogP contribution < -0.4 is 10.6 Å². The highest BCUT2D eigenvalue weighted by Gasteiger charge is 2.15. The number of nitrogens with one attached hydrogen (secondary N) is 2. The second kappa shape index (κ2) is 6.69. The highest BCUT2D eigenvalue weighted by molar-refractivity contribution is 5.60. The van der Waals surface area contributed by atoms with Crippen LogP contribution in [0.15, 0.2) is 24.5 Å². The highest BCUT2D eigenvalue weighted by atomic mass is 16.6. The Bertz CT molecular complexity index is 625. The molecule has 2 aromatic rings. The van der Waals surface area contributed by atoms with E-state index in [9.17, 15) is 10.1 Å². The van der Waals surface area contributed by atoms with Crippen molar-refractivity contribution in [2.24, 2.45) is 0 Å². The Morgan fingerprint density at radius 2 is 2.19 bits per heavy atom. The summed E-state index contributed by atoms with van der Waals surface area (Å²) in [4.78, 5) is 14.8. The fraction of sp³-hybridized carbons (Fsp3) is 0.385. The third-order valence-electron chi connectivity index (χ3n) is 2.82. The van der Waals surface area contributed by atoms with Gasteiger partial charge < -0.3 is 10.6 Å². The van der Waals surface area contributed by atoms with Gasteiger partial charge in [-0.3, -0.25) is 14.8 Å². The lowest BCUT2D eigenvalue weighted by Crippen LogP contribution is -2.13. The van der Waals surface area contributed by atoms with Crippen LogP contribution in [0, 0.1) is 17.0 Å². The summed E-state index contributed by atoms with van der Waals surface area (Å²) >= 11 is 0. The Morgan fingerprint density at radius 1 is 1.38 bits per heavy atom. The number of anilines is 2. The second-order valence-corrected chi connectivity index (χ2v) is 4.56. The van der Waals surface area contributed by atoms with Crippen LogP contribution in [0.5, 0.6) is 0 Å². The Morgan fingerprint density at radius 3 is 2.81 bits per heavy atom. The van der Waals surface area contributed by atoms with Crippen LogP contribution in [0.3, 0.4) is 0 Å². The van der Waals surface area contributed by atoms with Crippen molar-refractivity contribution < 1.29 is 4.92 Å². The van der Waals surface area contributed by atoms with Gasteiger partial charge in [-0.05, 0) is 25.5 Å². The fourth-order valence-electron chi connectivity index (χ4n) is 1.89. The monoisotopic (exact) mass is 290 g/mol. The Hall–Kier alpha value is -2.64. The Balaban J connectivity index is 2.05. The van der Waals surface area contributed by atoms with Crippen LogP contribution in [0.1, 0.15) is 12.5 Å². The second-order valence-electron chi connectivity index (χ2n) is 4.56. The standard InChI is InChI=1S/C13H18N6O2/c1-3-14-12-5-4-11(19(20)21)13(17-12)15-6-7-18-9-10(2)8-16-18/h4-5,8-9H,3,6-7H2,1-2H3,(H2,14,15,17). The molecule has 0 spiro atoms. The zero-order chi connectivity index (χ0) is 15.2. The zero-order valence-corrected chi connectivity index (χ0v) is 12.0. The van der Waals surface area contributed by atoms with Gasteiger partial charge in [-0.1, -0.05) is 0 Å². The van der Waals surface area contributed by atoms with E-state index in [2.05, 4.69) is 20.7 Å². The molecule has 0 aliphatic carbocycles. The first-order valence-corrected chi connectivity index (χ1v) is 6.72. The van der Waals surface area contributed by atoms with E-state index in [-0.39, 0.29) is 11.5 Å². The van der Waals surface area contributed by atoms with Crippen LogP contribution in [-0.4, -0.2) is 32.8 Å². The van der Waals surface area contributed by atoms with E-state index in [4.69, 9.17) is 0 Å². The average molecular weight is 290 g/mol. The molecule has 2 rings (SSSR count). The van der Waals surface area contributed by atoms with E-state index in [1.807, 2.05) is 20.0 Å². The number of rotatable bonds is 7. The largest absolute Gasteiger partial charge is 0.370 e. The van der Waals surface area contributed by atoms with Crippen LogP contribution in [0.25, 0.3) is 0 Å². The molecular weight excluding hydrogens is 272 g/mol. The SMILES string of the molecule is CCNc1ccc([N+](=O)[O-])c(NCCn2cc(C)cn2)n1. The predicted molar refractivity (Wildman–Crippen MR) is 80.5 cm³/mol. The molecular formula is C13H18N6O2. The van der Waals surface area contributed by atoms with Gasteiger partial charge in [0.2, 0.25) is 5.82 Å². The first kappa shape index (κ1) is 14.8. The maximum atomic E-state index is 11.0. The van der Waals surface area contributed by atoms with Crippen molar-refractivity contribution in [1.29, 1.82) is 0 Å². The molecule has 112 valence electrons. The summed E-state index contributed by atoms with van der Waals surface area (Å²) in [6.45, 7) is 5.72. The molecule has 0 bridgehead atoms. The maximum Gasteiger partial charge on any atom is 0.311 e. The number of hydrogen-bond acceptors (Lipinski definition) is 6. The topological polar surface area (TPSA) is 97.9 Å². The number of hydrogen-bond donors (Lipinski definition) is 2. The van der Waals surface area contributed by atoms with E-state index in [1.54, 1.807) is 16.9 Å². The molecule has 0 saturated heterocycles. The van der Waals surface area contributed by atoms with Crippen molar-refractivity contribution >= 4 is 17.3 Å². The normalized spacial score (nSPS) is 10.4. The molecule has 0 unspecified atom stereocenters. The summed E-state index contributed by atoms with van der Waals surface area (Å²) in [6.07, 6.45) is 3.69. The van der Waals surface area contributed by atoms with Crippen LogP contribution in [-0.2, 0) is 6.54 Å². The molecule has 0 saturated carbocycles. The summed E-state index contributed by atoms with van der Waals surface area (Å²) in [6, 6.07) is 3.05. The number of aromatic nitrogens is 3. The number of pyridine rings is 1. The van der Waals surface area contributed by atoms with Gasteiger partial charge in [-0.2, -0.15) is 5.10 Å². The van der Waals surface area contributed by atoms with Gasteiger partial charge in [-0.15, -0.1) is 0 Å². The third-order valence-corrected chi connectivity index (χ3v) is 2.82. The van der Waals surface area contributed by atoms with Crippen molar-refractivity contribution in [2.45, 2.75) is 20.4 Å². The van der Waals surface area contributed by atoms with Crippen molar-refractivity contribution in [3.63, 3.8) is 0 Å². The highest BCUT2D eigenvalue weighted by Crippen LogP contribution is 2.23. The Labute approximate surface area is 122 Å². The van der Waals surface area contributed by atoms with E-state index < -0.39 is 4.92 Å². The Kier molecular flexibility index (Phi) is 4.70. The smallest absolute Gasteiger partial charge is 0.311 e. The first-order valence-electron chi connectivity index (χ1n) is 6.72. The van der Waals surface area contributed by atoms with Crippen molar-refractivity contribution in [3.8, 4) is 0 Å². The minimum absolute atomic E-state index is 0.0340. The van der Waals surface area contributed by atoms with Crippen LogP contribution in [0.4, 0.5) is 17.3 Å². The molecule has 0 atom stereocenters. The van der Waals surface area contributed by atoms with Gasteiger partial charge >= 0.3 is 5.69 Å². The lowest BCUT2D eigenvalue weighted by Gasteiger charge is -2.09. The summed E-state index contributed by atoms with van der Waals surface area (Å²) in [5, 5.41) is 21.2. The van der Waals surface area contributed by atoms with E-state index >= 15 is 0 Å². The molecule has 8 heteroatoms. The number of aryl methyl sites for hydroxylation is 1. The number of nitrogens with zero attached hydrogens (tertiary/aromatic N) is 4. The van der Waals surface area contributed by atoms with Crippen LogP contribution >= 0.6 is 0 Å². The van der Waals surface area contributed by atoms with Gasteiger partial charge in [0.15, 0.2) is 0 Å². The molecule has 0 aliphatic rings. The molecule has 2 N–H and O–H groups in total. The van der Waals surface area contributed by atoms with Crippen molar-refractivity contribution in [2.75, 3.05) is 23.7 Å². The molecule has 0 aliphatic heterocycles. The first-order chi connectivity index (χ1) is 10.1.